The maximum Gasteiger partial charge on any atom is 0.134 e. The third-order valence-electron chi connectivity index (χ3n) is 3.59. The highest BCUT2D eigenvalue weighted by atomic mass is 32.1. The van der Waals surface area contributed by atoms with Gasteiger partial charge in [-0.3, -0.25) is 0 Å². The molecule has 0 aliphatic carbocycles. The maximum atomic E-state index is 5.64. The van der Waals surface area contributed by atoms with Crippen LogP contribution in [0.15, 0.2) is 64.4 Å². The van der Waals surface area contributed by atoms with E-state index in [1.807, 2.05) is 36.4 Å². The Morgan fingerprint density at radius 1 is 1.00 bits per heavy atom. The van der Waals surface area contributed by atoms with Crippen molar-refractivity contribution < 1.29 is 4.42 Å². The van der Waals surface area contributed by atoms with Gasteiger partial charge >= 0.3 is 0 Å². The Labute approximate surface area is 132 Å². The molecule has 3 nitrogen and oxygen atoms in total. The fourth-order valence-electron chi connectivity index (χ4n) is 2.48. The molecule has 0 amide bonds. The lowest BCUT2D eigenvalue weighted by atomic mass is 10.1. The van der Waals surface area contributed by atoms with E-state index in [0.717, 1.165) is 38.6 Å². The highest BCUT2D eigenvalue weighted by Crippen LogP contribution is 2.31. The lowest BCUT2D eigenvalue weighted by molar-refractivity contribution is 0.552. The van der Waals surface area contributed by atoms with Crippen LogP contribution < -0.4 is 5.73 Å². The molecule has 0 spiro atoms. The summed E-state index contributed by atoms with van der Waals surface area (Å²) >= 11 is 1.65. The van der Waals surface area contributed by atoms with Gasteiger partial charge in [0.2, 0.25) is 0 Å². The van der Waals surface area contributed by atoms with Crippen molar-refractivity contribution in [3.05, 3.63) is 65.7 Å². The predicted octanol–water partition coefficient (Wildman–Crippen LogP) is 4.68. The first-order valence-electron chi connectivity index (χ1n) is 7.07. The fourth-order valence-corrected chi connectivity index (χ4v) is 3.31. The third-order valence-corrected chi connectivity index (χ3v) is 4.48. The lowest BCUT2D eigenvalue weighted by Gasteiger charge is -1.97. The molecule has 0 saturated carbocycles. The summed E-state index contributed by atoms with van der Waals surface area (Å²) in [7, 11) is 0. The molecule has 108 valence electrons. The quantitative estimate of drug-likeness (QED) is 0.598. The van der Waals surface area contributed by atoms with Crippen LogP contribution in [-0.4, -0.2) is 4.98 Å². The standard InChI is InChI=1S/C18H14N2OS/c19-10-15-9-14-8-13(6-7-17(14)21-15)18-20-16(11-22-18)12-4-2-1-3-5-12/h1-9,11H,10,19H2. The molecule has 4 heteroatoms. The van der Waals surface area contributed by atoms with E-state index in [0.29, 0.717) is 6.54 Å². The summed E-state index contributed by atoms with van der Waals surface area (Å²) in [5.74, 6) is 0.802. The summed E-state index contributed by atoms with van der Waals surface area (Å²) in [4.78, 5) is 4.75. The fraction of sp³-hybridized carbons (Fsp3) is 0.0556. The van der Waals surface area contributed by atoms with Gasteiger partial charge in [0.1, 0.15) is 16.4 Å². The smallest absolute Gasteiger partial charge is 0.134 e. The molecule has 2 N–H and O–H groups in total. The molecule has 22 heavy (non-hydrogen) atoms. The van der Waals surface area contributed by atoms with Crippen molar-refractivity contribution in [3.63, 3.8) is 0 Å². The second-order valence-corrected chi connectivity index (χ2v) is 5.93. The molecular weight excluding hydrogens is 292 g/mol. The van der Waals surface area contributed by atoms with Crippen LogP contribution in [0.3, 0.4) is 0 Å². The molecule has 0 unspecified atom stereocenters. The van der Waals surface area contributed by atoms with E-state index in [9.17, 15) is 0 Å². The van der Waals surface area contributed by atoms with Crippen LogP contribution in [0.25, 0.3) is 32.8 Å². The number of nitrogens with two attached hydrogens (primary N) is 1. The highest BCUT2D eigenvalue weighted by Gasteiger charge is 2.09. The van der Waals surface area contributed by atoms with Crippen molar-refractivity contribution in [2.45, 2.75) is 6.54 Å². The summed E-state index contributed by atoms with van der Waals surface area (Å²) in [5, 5.41) is 4.17. The van der Waals surface area contributed by atoms with E-state index in [-0.39, 0.29) is 0 Å². The minimum atomic E-state index is 0.416. The predicted molar refractivity (Wildman–Crippen MR) is 90.6 cm³/mol. The Morgan fingerprint density at radius 3 is 2.68 bits per heavy atom. The van der Waals surface area contributed by atoms with Gasteiger partial charge in [0.15, 0.2) is 0 Å². The van der Waals surface area contributed by atoms with Gasteiger partial charge in [-0.25, -0.2) is 4.98 Å². The molecule has 4 rings (SSSR count). The second-order valence-electron chi connectivity index (χ2n) is 5.07. The van der Waals surface area contributed by atoms with E-state index in [1.54, 1.807) is 11.3 Å². The first-order chi connectivity index (χ1) is 10.8. The number of thiazole rings is 1. The van der Waals surface area contributed by atoms with Gasteiger partial charge in [0.05, 0.1) is 12.2 Å². The van der Waals surface area contributed by atoms with Crippen molar-refractivity contribution in [1.29, 1.82) is 0 Å². The van der Waals surface area contributed by atoms with Crippen LogP contribution in [0.2, 0.25) is 0 Å². The first kappa shape index (κ1) is 13.2. The third kappa shape index (κ3) is 2.32. The summed E-state index contributed by atoms with van der Waals surface area (Å²) in [6.07, 6.45) is 0. The van der Waals surface area contributed by atoms with Crippen molar-refractivity contribution in [2.24, 2.45) is 5.73 Å². The average Bonchev–Trinajstić information content (AvgIpc) is 3.21. The zero-order valence-electron chi connectivity index (χ0n) is 11.8. The number of furan rings is 1. The number of hydrogen-bond donors (Lipinski definition) is 1. The topological polar surface area (TPSA) is 52.0 Å². The van der Waals surface area contributed by atoms with Gasteiger partial charge in [-0.05, 0) is 24.3 Å². The molecule has 2 aromatic carbocycles. The normalized spacial score (nSPS) is 11.1. The Bertz CT molecular complexity index is 925. The number of nitrogens with zero attached hydrogens (tertiary/aromatic N) is 1. The van der Waals surface area contributed by atoms with Crippen LogP contribution in [-0.2, 0) is 6.54 Å². The summed E-state index contributed by atoms with van der Waals surface area (Å²) < 4.78 is 5.64. The van der Waals surface area contributed by atoms with Crippen molar-refractivity contribution in [3.8, 4) is 21.8 Å². The van der Waals surface area contributed by atoms with Crippen LogP contribution in [0.1, 0.15) is 5.76 Å². The Hall–Kier alpha value is -2.43. The lowest BCUT2D eigenvalue weighted by Crippen LogP contribution is -1.92. The first-order valence-corrected chi connectivity index (χ1v) is 7.95. The van der Waals surface area contributed by atoms with Gasteiger partial charge < -0.3 is 10.2 Å². The zero-order valence-corrected chi connectivity index (χ0v) is 12.6. The summed E-state index contributed by atoms with van der Waals surface area (Å²) in [5.41, 5.74) is 9.74. The van der Waals surface area contributed by atoms with Gasteiger partial charge in [-0.15, -0.1) is 11.3 Å². The number of fused-ring (bicyclic) bond motifs is 1. The van der Waals surface area contributed by atoms with Crippen LogP contribution in [0, 0.1) is 0 Å². The molecule has 0 radical (unpaired) electrons. The van der Waals surface area contributed by atoms with Crippen molar-refractivity contribution in [1.82, 2.24) is 4.98 Å². The molecule has 0 aliphatic heterocycles. The van der Waals surface area contributed by atoms with Crippen molar-refractivity contribution >= 4 is 22.3 Å². The van der Waals surface area contributed by atoms with E-state index < -0.39 is 0 Å². The Kier molecular flexibility index (Phi) is 3.25. The Balaban J connectivity index is 1.74. The van der Waals surface area contributed by atoms with E-state index in [2.05, 4.69) is 23.6 Å². The van der Waals surface area contributed by atoms with Gasteiger partial charge in [0, 0.05) is 21.9 Å². The molecular formula is C18H14N2OS. The summed E-state index contributed by atoms with van der Waals surface area (Å²) in [6, 6.07) is 18.3. The minimum Gasteiger partial charge on any atom is -0.460 e. The van der Waals surface area contributed by atoms with Gasteiger partial charge in [0.25, 0.3) is 0 Å². The molecule has 2 aromatic heterocycles. The SMILES string of the molecule is NCc1cc2cc(-c3nc(-c4ccccc4)cs3)ccc2o1. The van der Waals surface area contributed by atoms with E-state index >= 15 is 0 Å². The molecule has 0 atom stereocenters. The molecule has 0 bridgehead atoms. The second kappa shape index (κ2) is 5.40. The average molecular weight is 306 g/mol. The Morgan fingerprint density at radius 2 is 1.86 bits per heavy atom. The van der Waals surface area contributed by atoms with E-state index in [1.165, 1.54) is 0 Å². The summed E-state index contributed by atoms with van der Waals surface area (Å²) in [6.45, 7) is 0.416. The zero-order chi connectivity index (χ0) is 14.9. The molecule has 0 saturated heterocycles. The van der Waals surface area contributed by atoms with Crippen molar-refractivity contribution in [2.75, 3.05) is 0 Å². The monoisotopic (exact) mass is 306 g/mol. The maximum absolute atomic E-state index is 5.64. The largest absolute Gasteiger partial charge is 0.460 e. The van der Waals surface area contributed by atoms with Gasteiger partial charge in [-0.1, -0.05) is 30.3 Å². The molecule has 0 fully saturated rings. The highest BCUT2D eigenvalue weighted by molar-refractivity contribution is 7.13. The minimum absolute atomic E-state index is 0.416. The number of aromatic nitrogens is 1. The van der Waals surface area contributed by atoms with E-state index in [4.69, 9.17) is 15.1 Å². The molecule has 0 aliphatic rings. The van der Waals surface area contributed by atoms with Crippen LogP contribution in [0.4, 0.5) is 0 Å². The van der Waals surface area contributed by atoms with Gasteiger partial charge in [-0.2, -0.15) is 0 Å². The molecule has 2 heterocycles. The van der Waals surface area contributed by atoms with Crippen LogP contribution in [0.5, 0.6) is 0 Å². The number of benzene rings is 2. The van der Waals surface area contributed by atoms with Crippen LogP contribution >= 0.6 is 11.3 Å². The number of rotatable bonds is 3. The number of hydrogen-bond acceptors (Lipinski definition) is 4. The molecule has 4 aromatic rings.